The molecule has 0 aliphatic heterocycles. The molecule has 2 aromatic rings. The van der Waals surface area contributed by atoms with E-state index in [4.69, 9.17) is 0 Å². The number of carbonyl (C=O) groups is 1. The third kappa shape index (κ3) is 3.42. The summed E-state index contributed by atoms with van der Waals surface area (Å²) < 4.78 is 25.1. The van der Waals surface area contributed by atoms with Gasteiger partial charge in [0.15, 0.2) is 0 Å². The average Bonchev–Trinajstić information content (AvgIpc) is 2.90. The smallest absolute Gasteiger partial charge is 0.319 e. The summed E-state index contributed by atoms with van der Waals surface area (Å²) in [5, 5.41) is 5.53. The molecule has 0 unspecified atom stereocenters. The topological polar surface area (TPSA) is 58.2 Å². The second-order valence-corrected chi connectivity index (χ2v) is 6.84. The van der Waals surface area contributed by atoms with Gasteiger partial charge in [0, 0.05) is 11.9 Å². The first-order valence-electron chi connectivity index (χ1n) is 7.33. The molecule has 2 amide bonds. The second kappa shape index (κ2) is 6.50. The van der Waals surface area contributed by atoms with Crippen LogP contribution in [-0.4, -0.2) is 16.5 Å². The van der Waals surface area contributed by atoms with Crippen molar-refractivity contribution in [1.29, 1.82) is 0 Å². The molecule has 2 aromatic carbocycles. The van der Waals surface area contributed by atoms with Crippen molar-refractivity contribution in [2.75, 3.05) is 11.6 Å². The Morgan fingerprint density at radius 3 is 2.78 bits per heavy atom. The number of rotatable bonds is 3. The zero-order valence-corrected chi connectivity index (χ0v) is 13.5. The largest absolute Gasteiger partial charge is 0.331 e. The lowest BCUT2D eigenvalue weighted by atomic mass is 10.1. The third-order valence-corrected chi connectivity index (χ3v) is 4.89. The predicted molar refractivity (Wildman–Crippen MR) is 88.4 cm³/mol. The number of benzene rings is 2. The van der Waals surface area contributed by atoms with Crippen molar-refractivity contribution in [3.05, 3.63) is 59.4 Å². The van der Waals surface area contributed by atoms with E-state index in [-0.39, 0.29) is 17.0 Å². The highest BCUT2D eigenvalue weighted by Crippen LogP contribution is 2.30. The fraction of sp³-hybridized carbons (Fsp3) is 0.235. The van der Waals surface area contributed by atoms with Crippen molar-refractivity contribution in [3.8, 4) is 0 Å². The van der Waals surface area contributed by atoms with Crippen molar-refractivity contribution < 1.29 is 13.4 Å². The van der Waals surface area contributed by atoms with E-state index < -0.39 is 16.6 Å². The van der Waals surface area contributed by atoms with Crippen LogP contribution in [0.1, 0.15) is 23.6 Å². The molecule has 4 nitrogen and oxygen atoms in total. The molecule has 0 spiro atoms. The number of urea groups is 1. The van der Waals surface area contributed by atoms with Crippen LogP contribution in [0.2, 0.25) is 0 Å². The molecule has 0 saturated heterocycles. The van der Waals surface area contributed by atoms with Gasteiger partial charge in [-0.05, 0) is 42.2 Å². The van der Waals surface area contributed by atoms with E-state index in [0.717, 1.165) is 18.4 Å². The first kappa shape index (κ1) is 15.7. The number of carbonyl (C=O) groups excluding carboxylic acids is 1. The maximum Gasteiger partial charge on any atom is 0.319 e. The standard InChI is InChI=1S/C17H17FN2O2S/c1-23(22)16-9-7-12(10-14(16)18)19-17(21)20-15-8-6-11-4-2-3-5-13(11)15/h2-5,7,9-10,15H,6,8H2,1H3,(H2,19,20,21)/t15-,23+/m0/s1. The maximum atomic E-state index is 13.8. The van der Waals surface area contributed by atoms with E-state index >= 15 is 0 Å². The molecule has 6 heteroatoms. The Labute approximate surface area is 136 Å². The number of hydrogen-bond acceptors (Lipinski definition) is 2. The minimum Gasteiger partial charge on any atom is -0.331 e. The fourth-order valence-electron chi connectivity index (χ4n) is 2.84. The lowest BCUT2D eigenvalue weighted by molar-refractivity contribution is 0.248. The van der Waals surface area contributed by atoms with Crippen LogP contribution in [0.3, 0.4) is 0 Å². The van der Waals surface area contributed by atoms with Gasteiger partial charge in [0.05, 0.1) is 21.7 Å². The first-order chi connectivity index (χ1) is 11.0. The van der Waals surface area contributed by atoms with Crippen LogP contribution < -0.4 is 10.6 Å². The van der Waals surface area contributed by atoms with E-state index in [1.54, 1.807) is 6.07 Å². The van der Waals surface area contributed by atoms with Gasteiger partial charge >= 0.3 is 6.03 Å². The van der Waals surface area contributed by atoms with Crippen molar-refractivity contribution in [2.24, 2.45) is 0 Å². The molecule has 2 N–H and O–H groups in total. The number of anilines is 1. The van der Waals surface area contributed by atoms with Crippen LogP contribution in [0, 0.1) is 5.82 Å². The zero-order valence-electron chi connectivity index (χ0n) is 12.6. The molecule has 0 heterocycles. The van der Waals surface area contributed by atoms with Crippen molar-refractivity contribution >= 4 is 22.5 Å². The molecule has 120 valence electrons. The normalized spacial score (nSPS) is 17.4. The molecule has 0 radical (unpaired) electrons. The molecular formula is C17H17FN2O2S. The summed E-state index contributed by atoms with van der Waals surface area (Å²) >= 11 is 0. The number of fused-ring (bicyclic) bond motifs is 1. The molecule has 0 saturated carbocycles. The molecule has 0 aromatic heterocycles. The molecule has 0 bridgehead atoms. The van der Waals surface area contributed by atoms with Crippen molar-refractivity contribution in [3.63, 3.8) is 0 Å². The monoisotopic (exact) mass is 332 g/mol. The third-order valence-electron chi connectivity index (χ3n) is 3.94. The van der Waals surface area contributed by atoms with Gasteiger partial charge in [-0.25, -0.2) is 9.18 Å². The van der Waals surface area contributed by atoms with Gasteiger partial charge in [0.25, 0.3) is 0 Å². The summed E-state index contributed by atoms with van der Waals surface area (Å²) in [6.45, 7) is 0. The van der Waals surface area contributed by atoms with E-state index in [9.17, 15) is 13.4 Å². The first-order valence-corrected chi connectivity index (χ1v) is 8.88. The number of aryl methyl sites for hydroxylation is 1. The Bertz CT molecular complexity index is 779. The Balaban J connectivity index is 1.67. The van der Waals surface area contributed by atoms with E-state index in [1.807, 2.05) is 18.2 Å². The molecule has 1 aliphatic carbocycles. The average molecular weight is 332 g/mol. The second-order valence-electron chi connectivity index (χ2n) is 5.49. The minimum atomic E-state index is -1.39. The predicted octanol–water partition coefficient (Wildman–Crippen LogP) is 3.37. The summed E-state index contributed by atoms with van der Waals surface area (Å²) in [7, 11) is -1.39. The summed E-state index contributed by atoms with van der Waals surface area (Å²) in [5.41, 5.74) is 2.71. The summed E-state index contributed by atoms with van der Waals surface area (Å²) in [6.07, 6.45) is 3.21. The summed E-state index contributed by atoms with van der Waals surface area (Å²) in [5.74, 6) is -0.588. The molecule has 3 rings (SSSR count). The van der Waals surface area contributed by atoms with E-state index in [0.29, 0.717) is 5.69 Å². The molecule has 1 aliphatic rings. The van der Waals surface area contributed by atoms with Crippen LogP contribution in [0.4, 0.5) is 14.9 Å². The van der Waals surface area contributed by atoms with Gasteiger partial charge in [-0.2, -0.15) is 0 Å². The lowest BCUT2D eigenvalue weighted by Gasteiger charge is -2.15. The molecule has 2 atom stereocenters. The van der Waals surface area contributed by atoms with Gasteiger partial charge < -0.3 is 10.6 Å². The summed E-state index contributed by atoms with van der Waals surface area (Å²) in [4.78, 5) is 12.2. The Kier molecular flexibility index (Phi) is 4.43. The van der Waals surface area contributed by atoms with Crippen molar-refractivity contribution in [2.45, 2.75) is 23.8 Å². The number of nitrogens with one attached hydrogen (secondary N) is 2. The van der Waals surface area contributed by atoms with Gasteiger partial charge in [0.2, 0.25) is 0 Å². The fourth-order valence-corrected chi connectivity index (χ4v) is 3.44. The number of amides is 2. The van der Waals surface area contributed by atoms with Crippen molar-refractivity contribution in [1.82, 2.24) is 5.32 Å². The Morgan fingerprint density at radius 2 is 2.04 bits per heavy atom. The quantitative estimate of drug-likeness (QED) is 0.905. The van der Waals surface area contributed by atoms with Gasteiger partial charge in [-0.3, -0.25) is 4.21 Å². The van der Waals surface area contributed by atoms with Gasteiger partial charge in [0.1, 0.15) is 5.82 Å². The van der Waals surface area contributed by atoms with Crippen LogP contribution in [0.15, 0.2) is 47.4 Å². The summed E-state index contributed by atoms with van der Waals surface area (Å²) in [6, 6.07) is 11.8. The zero-order chi connectivity index (χ0) is 16.4. The minimum absolute atomic E-state index is 0.0292. The Morgan fingerprint density at radius 1 is 1.26 bits per heavy atom. The van der Waals surface area contributed by atoms with Gasteiger partial charge in [-0.15, -0.1) is 0 Å². The van der Waals surface area contributed by atoms with Gasteiger partial charge in [-0.1, -0.05) is 24.3 Å². The molecule has 23 heavy (non-hydrogen) atoms. The van der Waals surface area contributed by atoms with E-state index in [1.165, 1.54) is 24.0 Å². The van der Waals surface area contributed by atoms with E-state index in [2.05, 4.69) is 16.7 Å². The molecule has 0 fully saturated rings. The highest BCUT2D eigenvalue weighted by molar-refractivity contribution is 7.84. The lowest BCUT2D eigenvalue weighted by Crippen LogP contribution is -2.31. The van der Waals surface area contributed by atoms with Crippen LogP contribution in [0.25, 0.3) is 0 Å². The van der Waals surface area contributed by atoms with Crippen LogP contribution in [0.5, 0.6) is 0 Å². The highest BCUT2D eigenvalue weighted by atomic mass is 32.2. The number of hydrogen-bond donors (Lipinski definition) is 2. The van der Waals surface area contributed by atoms with Crippen LogP contribution >= 0.6 is 0 Å². The van der Waals surface area contributed by atoms with Crippen LogP contribution in [-0.2, 0) is 17.2 Å². The SMILES string of the molecule is C[S@@](=O)c1ccc(NC(=O)N[C@H]2CCc3ccccc32)cc1F. The number of halogens is 1. The highest BCUT2D eigenvalue weighted by Gasteiger charge is 2.23. The maximum absolute atomic E-state index is 13.8. The Hall–Kier alpha value is -2.21. The molecular weight excluding hydrogens is 315 g/mol.